The van der Waals surface area contributed by atoms with Crippen LogP contribution in [0.1, 0.15) is 32.3 Å². The fourth-order valence-corrected chi connectivity index (χ4v) is 2.31. The normalized spacial score (nSPS) is 18.0. The summed E-state index contributed by atoms with van der Waals surface area (Å²) < 4.78 is 14.0. The van der Waals surface area contributed by atoms with Crippen LogP contribution in [0.3, 0.4) is 0 Å². The Labute approximate surface area is 103 Å². The largest absolute Gasteiger partial charge is 0.375 e. The predicted molar refractivity (Wildman–Crippen MR) is 69.9 cm³/mol. The first-order valence-corrected chi connectivity index (χ1v) is 6.04. The lowest BCUT2D eigenvalue weighted by Gasteiger charge is -2.33. The fourth-order valence-electron chi connectivity index (χ4n) is 2.31. The van der Waals surface area contributed by atoms with Gasteiger partial charge in [0, 0.05) is 25.0 Å². The van der Waals surface area contributed by atoms with Gasteiger partial charge in [0.05, 0.1) is 5.69 Å². The Bertz CT molecular complexity index is 434. The first-order valence-electron chi connectivity index (χ1n) is 6.04. The molecule has 1 aliphatic rings. The van der Waals surface area contributed by atoms with Gasteiger partial charge in [0.15, 0.2) is 0 Å². The van der Waals surface area contributed by atoms with E-state index in [9.17, 15) is 4.39 Å². The standard InChI is InChI=1S/C14H21FN2/c1-13(2,14(16)7-8-14)10-5-6-12(17(3)4)11(15)9-10/h5-6,9H,7-8,16H2,1-4H3. The molecule has 0 spiro atoms. The average Bonchev–Trinajstić information content (AvgIpc) is 2.97. The molecule has 0 bridgehead atoms. The molecule has 0 radical (unpaired) electrons. The quantitative estimate of drug-likeness (QED) is 0.874. The third kappa shape index (κ3) is 1.93. The molecule has 0 aromatic heterocycles. The number of nitrogens with two attached hydrogens (primary N) is 1. The molecule has 2 nitrogen and oxygen atoms in total. The average molecular weight is 236 g/mol. The van der Waals surface area contributed by atoms with Crippen LogP contribution in [0, 0.1) is 5.82 Å². The highest BCUT2D eigenvalue weighted by Gasteiger charge is 2.51. The van der Waals surface area contributed by atoms with Crippen LogP contribution in [0.2, 0.25) is 0 Å². The zero-order chi connectivity index (χ0) is 12.8. The van der Waals surface area contributed by atoms with E-state index < -0.39 is 0 Å². The highest BCUT2D eigenvalue weighted by molar-refractivity contribution is 5.49. The van der Waals surface area contributed by atoms with E-state index in [1.807, 2.05) is 26.2 Å². The van der Waals surface area contributed by atoms with Crippen LogP contribution >= 0.6 is 0 Å². The van der Waals surface area contributed by atoms with E-state index in [0.717, 1.165) is 18.4 Å². The number of benzene rings is 1. The summed E-state index contributed by atoms with van der Waals surface area (Å²) in [4.78, 5) is 1.78. The van der Waals surface area contributed by atoms with E-state index in [4.69, 9.17) is 5.73 Å². The van der Waals surface area contributed by atoms with E-state index in [1.54, 1.807) is 11.0 Å². The molecule has 3 heteroatoms. The van der Waals surface area contributed by atoms with E-state index in [0.29, 0.717) is 5.69 Å². The SMILES string of the molecule is CN(C)c1ccc(C(C)(C)C2(N)CC2)cc1F. The van der Waals surface area contributed by atoms with Crippen molar-refractivity contribution in [2.24, 2.45) is 5.73 Å². The van der Waals surface area contributed by atoms with Crippen LogP contribution in [0.15, 0.2) is 18.2 Å². The van der Waals surface area contributed by atoms with Crippen molar-refractivity contribution in [2.45, 2.75) is 37.6 Å². The number of anilines is 1. The van der Waals surface area contributed by atoms with Gasteiger partial charge in [-0.1, -0.05) is 19.9 Å². The predicted octanol–water partition coefficient (Wildman–Crippen LogP) is 2.66. The summed E-state index contributed by atoms with van der Waals surface area (Å²) in [5.74, 6) is -0.176. The topological polar surface area (TPSA) is 29.3 Å². The summed E-state index contributed by atoms with van der Waals surface area (Å²) in [6.45, 7) is 4.20. The van der Waals surface area contributed by atoms with E-state index in [1.165, 1.54) is 0 Å². The molecular formula is C14H21FN2. The number of hydrogen-bond donors (Lipinski definition) is 1. The minimum Gasteiger partial charge on any atom is -0.375 e. The van der Waals surface area contributed by atoms with Crippen molar-refractivity contribution in [3.8, 4) is 0 Å². The Balaban J connectivity index is 2.38. The Kier molecular flexibility index (Phi) is 2.69. The van der Waals surface area contributed by atoms with Gasteiger partial charge in [-0.05, 0) is 30.5 Å². The number of hydrogen-bond acceptors (Lipinski definition) is 2. The van der Waals surface area contributed by atoms with Crippen LogP contribution in [-0.2, 0) is 5.41 Å². The zero-order valence-electron chi connectivity index (χ0n) is 11.0. The Morgan fingerprint density at radius 1 is 1.29 bits per heavy atom. The van der Waals surface area contributed by atoms with Crippen molar-refractivity contribution in [3.05, 3.63) is 29.6 Å². The molecule has 1 aliphatic carbocycles. The summed E-state index contributed by atoms with van der Waals surface area (Å²) in [5, 5.41) is 0. The van der Waals surface area contributed by atoms with E-state index >= 15 is 0 Å². The maximum Gasteiger partial charge on any atom is 0.146 e. The lowest BCUT2D eigenvalue weighted by molar-refractivity contribution is 0.389. The highest BCUT2D eigenvalue weighted by atomic mass is 19.1. The van der Waals surface area contributed by atoms with E-state index in [-0.39, 0.29) is 16.8 Å². The van der Waals surface area contributed by atoms with Crippen LogP contribution < -0.4 is 10.6 Å². The molecule has 0 heterocycles. The number of halogens is 1. The second kappa shape index (κ2) is 3.70. The van der Waals surface area contributed by atoms with Gasteiger partial charge in [-0.2, -0.15) is 0 Å². The van der Waals surface area contributed by atoms with Crippen molar-refractivity contribution < 1.29 is 4.39 Å². The summed E-state index contributed by atoms with van der Waals surface area (Å²) >= 11 is 0. The molecule has 0 saturated heterocycles. The minimum atomic E-state index is -0.176. The molecule has 1 aromatic rings. The smallest absolute Gasteiger partial charge is 0.146 e. The van der Waals surface area contributed by atoms with Crippen molar-refractivity contribution in [1.29, 1.82) is 0 Å². The molecule has 1 fully saturated rings. The molecule has 0 unspecified atom stereocenters. The lowest BCUT2D eigenvalue weighted by Crippen LogP contribution is -2.43. The molecule has 94 valence electrons. The van der Waals surface area contributed by atoms with Gasteiger partial charge in [-0.3, -0.25) is 0 Å². The van der Waals surface area contributed by atoms with Crippen molar-refractivity contribution in [2.75, 3.05) is 19.0 Å². The molecular weight excluding hydrogens is 215 g/mol. The van der Waals surface area contributed by atoms with Gasteiger partial charge in [-0.15, -0.1) is 0 Å². The summed E-state index contributed by atoms with van der Waals surface area (Å²) in [6, 6.07) is 5.45. The monoisotopic (exact) mass is 236 g/mol. The molecule has 1 aromatic carbocycles. The van der Waals surface area contributed by atoms with Gasteiger partial charge >= 0.3 is 0 Å². The molecule has 17 heavy (non-hydrogen) atoms. The highest BCUT2D eigenvalue weighted by Crippen LogP contribution is 2.49. The van der Waals surface area contributed by atoms with Crippen LogP contribution in [-0.4, -0.2) is 19.6 Å². The zero-order valence-corrected chi connectivity index (χ0v) is 11.0. The third-order valence-corrected chi connectivity index (χ3v) is 4.18. The summed E-state index contributed by atoms with van der Waals surface area (Å²) in [5.41, 5.74) is 7.55. The minimum absolute atomic E-state index is 0.154. The third-order valence-electron chi connectivity index (χ3n) is 4.18. The van der Waals surface area contributed by atoms with Gasteiger partial charge < -0.3 is 10.6 Å². The van der Waals surface area contributed by atoms with E-state index in [2.05, 4.69) is 13.8 Å². The maximum absolute atomic E-state index is 14.0. The van der Waals surface area contributed by atoms with Crippen LogP contribution in [0.25, 0.3) is 0 Å². The van der Waals surface area contributed by atoms with Crippen LogP contribution in [0.4, 0.5) is 10.1 Å². The Morgan fingerprint density at radius 2 is 1.88 bits per heavy atom. The Morgan fingerprint density at radius 3 is 2.29 bits per heavy atom. The summed E-state index contributed by atoms with van der Waals surface area (Å²) in [7, 11) is 3.68. The molecule has 0 amide bonds. The second-order valence-corrected chi connectivity index (χ2v) is 5.84. The van der Waals surface area contributed by atoms with Crippen LogP contribution in [0.5, 0.6) is 0 Å². The number of nitrogens with zero attached hydrogens (tertiary/aromatic N) is 1. The number of rotatable bonds is 3. The van der Waals surface area contributed by atoms with Gasteiger partial charge in [0.1, 0.15) is 5.82 Å². The van der Waals surface area contributed by atoms with Gasteiger partial charge in [0.25, 0.3) is 0 Å². The van der Waals surface area contributed by atoms with Crippen molar-refractivity contribution in [3.63, 3.8) is 0 Å². The van der Waals surface area contributed by atoms with Gasteiger partial charge in [-0.25, -0.2) is 4.39 Å². The fraction of sp³-hybridized carbons (Fsp3) is 0.571. The molecule has 2 rings (SSSR count). The first-order chi connectivity index (χ1) is 7.78. The molecule has 0 aliphatic heterocycles. The van der Waals surface area contributed by atoms with Crippen molar-refractivity contribution in [1.82, 2.24) is 0 Å². The summed E-state index contributed by atoms with van der Waals surface area (Å²) in [6.07, 6.45) is 2.05. The maximum atomic E-state index is 14.0. The van der Waals surface area contributed by atoms with Crippen molar-refractivity contribution >= 4 is 5.69 Å². The molecule has 1 saturated carbocycles. The first kappa shape index (κ1) is 12.4. The Hall–Kier alpha value is -1.09. The second-order valence-electron chi connectivity index (χ2n) is 5.84. The molecule has 2 N–H and O–H groups in total. The molecule has 0 atom stereocenters. The van der Waals surface area contributed by atoms with Gasteiger partial charge in [0.2, 0.25) is 0 Å². The lowest BCUT2D eigenvalue weighted by atomic mass is 9.76.